The summed E-state index contributed by atoms with van der Waals surface area (Å²) in [5.74, 6) is -0.283. The zero-order chi connectivity index (χ0) is 14.2. The van der Waals surface area contributed by atoms with Crippen LogP contribution in [0.5, 0.6) is 5.75 Å². The molecular weight excluding hydrogens is 248 g/mol. The zero-order valence-corrected chi connectivity index (χ0v) is 10.8. The van der Waals surface area contributed by atoms with Crippen LogP contribution in [0.25, 0.3) is 0 Å². The number of ketones is 1. The minimum Gasteiger partial charge on any atom is -0.497 e. The fourth-order valence-corrected chi connectivity index (χ4v) is 2.13. The van der Waals surface area contributed by atoms with E-state index in [0.29, 0.717) is 17.0 Å². The third kappa shape index (κ3) is 2.20. The summed E-state index contributed by atoms with van der Waals surface area (Å²) >= 11 is 0. The molecule has 0 aromatic heterocycles. The first-order chi connectivity index (χ1) is 8.88. The van der Waals surface area contributed by atoms with Crippen molar-refractivity contribution < 1.29 is 19.4 Å². The van der Waals surface area contributed by atoms with Crippen molar-refractivity contribution in [1.82, 2.24) is 0 Å². The Morgan fingerprint density at radius 2 is 2.26 bits per heavy atom. The number of amides is 1. The van der Waals surface area contributed by atoms with Crippen molar-refractivity contribution in [2.45, 2.75) is 25.0 Å². The predicted octanol–water partition coefficient (Wildman–Crippen LogP) is 0.141. The molecular formula is C13H16N2O4. The van der Waals surface area contributed by atoms with Crippen LogP contribution in [0.3, 0.4) is 0 Å². The number of nitrogens with two attached hydrogens (primary N) is 1. The molecule has 2 atom stereocenters. The van der Waals surface area contributed by atoms with E-state index in [4.69, 9.17) is 10.5 Å². The van der Waals surface area contributed by atoms with Gasteiger partial charge in [-0.1, -0.05) is 0 Å². The molecule has 102 valence electrons. The lowest BCUT2D eigenvalue weighted by Crippen LogP contribution is -2.43. The first-order valence-electron chi connectivity index (χ1n) is 5.87. The van der Waals surface area contributed by atoms with E-state index in [-0.39, 0.29) is 12.2 Å². The number of hydrogen-bond acceptors (Lipinski definition) is 5. The van der Waals surface area contributed by atoms with Crippen molar-refractivity contribution in [1.29, 1.82) is 0 Å². The van der Waals surface area contributed by atoms with Crippen LogP contribution in [0.15, 0.2) is 18.2 Å². The second-order valence-corrected chi connectivity index (χ2v) is 4.65. The quantitative estimate of drug-likeness (QED) is 0.718. The molecule has 6 heteroatoms. The number of Topliss-reactive ketones (excluding diaryl/α,β-unsaturated/α-hetero) is 1. The van der Waals surface area contributed by atoms with Crippen LogP contribution in [0, 0.1) is 0 Å². The maximum Gasteiger partial charge on any atom is 0.261 e. The summed E-state index contributed by atoms with van der Waals surface area (Å²) < 4.78 is 5.05. The van der Waals surface area contributed by atoms with Crippen LogP contribution < -0.4 is 15.8 Å². The third-order valence-corrected chi connectivity index (χ3v) is 3.33. The molecule has 0 saturated heterocycles. The lowest BCUT2D eigenvalue weighted by Gasteiger charge is -2.23. The summed E-state index contributed by atoms with van der Waals surface area (Å²) in [5, 5.41) is 13.1. The Balaban J connectivity index is 2.38. The summed E-state index contributed by atoms with van der Waals surface area (Å²) in [4.78, 5) is 23.1. The normalized spacial score (nSPS) is 22.6. The largest absolute Gasteiger partial charge is 0.497 e. The van der Waals surface area contributed by atoms with Gasteiger partial charge in [0.2, 0.25) is 0 Å². The van der Waals surface area contributed by atoms with Gasteiger partial charge in [-0.2, -0.15) is 0 Å². The molecule has 0 radical (unpaired) electrons. The molecule has 1 heterocycles. The maximum absolute atomic E-state index is 11.9. The second-order valence-electron chi connectivity index (χ2n) is 4.65. The van der Waals surface area contributed by atoms with Gasteiger partial charge in [0.15, 0.2) is 5.60 Å². The molecule has 4 N–H and O–H groups in total. The van der Waals surface area contributed by atoms with E-state index < -0.39 is 17.6 Å². The van der Waals surface area contributed by atoms with Crippen LogP contribution in [-0.4, -0.2) is 29.9 Å². The van der Waals surface area contributed by atoms with Gasteiger partial charge >= 0.3 is 0 Å². The van der Waals surface area contributed by atoms with Crippen molar-refractivity contribution in [3.05, 3.63) is 23.8 Å². The van der Waals surface area contributed by atoms with Gasteiger partial charge in [0.25, 0.3) is 5.91 Å². The molecule has 0 bridgehead atoms. The van der Waals surface area contributed by atoms with E-state index in [0.717, 1.165) is 0 Å². The van der Waals surface area contributed by atoms with Gasteiger partial charge in [0.1, 0.15) is 11.5 Å². The molecule has 0 fully saturated rings. The first-order valence-corrected chi connectivity index (χ1v) is 5.87. The zero-order valence-electron chi connectivity index (χ0n) is 10.8. The number of ether oxygens (including phenoxy) is 1. The standard InChI is InChI=1S/C13H16N2O4/c1-7(16)10(14)6-13(18)9-4-3-8(19-2)5-11(9)15-12(13)17/h3-5,10,18H,6,14H2,1-2H3,(H,15,17). The molecule has 2 unspecified atom stereocenters. The van der Waals surface area contributed by atoms with Gasteiger partial charge < -0.3 is 20.9 Å². The van der Waals surface area contributed by atoms with Gasteiger partial charge in [-0.3, -0.25) is 9.59 Å². The van der Waals surface area contributed by atoms with Crippen LogP contribution in [0.1, 0.15) is 18.9 Å². The van der Waals surface area contributed by atoms with Crippen LogP contribution >= 0.6 is 0 Å². The molecule has 1 aliphatic rings. The highest BCUT2D eigenvalue weighted by molar-refractivity contribution is 6.05. The fraction of sp³-hybridized carbons (Fsp3) is 0.385. The number of anilines is 1. The summed E-state index contributed by atoms with van der Waals surface area (Å²) in [6.45, 7) is 1.33. The highest BCUT2D eigenvalue weighted by Gasteiger charge is 2.46. The molecule has 1 aromatic rings. The third-order valence-electron chi connectivity index (χ3n) is 3.33. The molecule has 1 aromatic carbocycles. The summed E-state index contributed by atoms with van der Waals surface area (Å²) in [7, 11) is 1.51. The Bertz CT molecular complexity index is 543. The van der Waals surface area contributed by atoms with Crippen molar-refractivity contribution in [2.24, 2.45) is 5.73 Å². The Morgan fingerprint density at radius 1 is 1.58 bits per heavy atom. The number of benzene rings is 1. The topological polar surface area (TPSA) is 102 Å². The maximum atomic E-state index is 11.9. The Hall–Kier alpha value is -1.92. The predicted molar refractivity (Wildman–Crippen MR) is 68.8 cm³/mol. The lowest BCUT2D eigenvalue weighted by molar-refractivity contribution is -0.135. The molecule has 19 heavy (non-hydrogen) atoms. The minimum atomic E-state index is -1.77. The summed E-state index contributed by atoms with van der Waals surface area (Å²) in [6, 6.07) is 3.97. The fourth-order valence-electron chi connectivity index (χ4n) is 2.13. The van der Waals surface area contributed by atoms with Gasteiger partial charge in [0.05, 0.1) is 18.8 Å². The second kappa shape index (κ2) is 4.64. The number of nitrogens with one attached hydrogen (secondary N) is 1. The van der Waals surface area contributed by atoms with E-state index >= 15 is 0 Å². The van der Waals surface area contributed by atoms with E-state index in [1.165, 1.54) is 14.0 Å². The number of aliphatic hydroxyl groups is 1. The number of fused-ring (bicyclic) bond motifs is 1. The van der Waals surface area contributed by atoms with Crippen molar-refractivity contribution >= 4 is 17.4 Å². The average molecular weight is 264 g/mol. The van der Waals surface area contributed by atoms with Crippen molar-refractivity contribution in [3.63, 3.8) is 0 Å². The molecule has 1 aliphatic heterocycles. The highest BCUT2D eigenvalue weighted by atomic mass is 16.5. The molecule has 0 aliphatic carbocycles. The highest BCUT2D eigenvalue weighted by Crippen LogP contribution is 2.40. The van der Waals surface area contributed by atoms with Crippen molar-refractivity contribution in [3.8, 4) is 5.75 Å². The van der Waals surface area contributed by atoms with E-state index in [1.54, 1.807) is 18.2 Å². The minimum absolute atomic E-state index is 0.145. The van der Waals surface area contributed by atoms with Gasteiger partial charge in [-0.25, -0.2) is 0 Å². The van der Waals surface area contributed by atoms with Crippen LogP contribution in [-0.2, 0) is 15.2 Å². The van der Waals surface area contributed by atoms with E-state index in [9.17, 15) is 14.7 Å². The summed E-state index contributed by atoms with van der Waals surface area (Å²) in [6.07, 6.45) is -0.145. The molecule has 0 spiro atoms. The van der Waals surface area contributed by atoms with Gasteiger partial charge in [0, 0.05) is 18.1 Å². The van der Waals surface area contributed by atoms with Crippen molar-refractivity contribution in [2.75, 3.05) is 12.4 Å². The molecule has 0 saturated carbocycles. The van der Waals surface area contributed by atoms with E-state index in [1.807, 2.05) is 0 Å². The SMILES string of the molecule is COc1ccc2c(c1)NC(=O)C2(O)CC(N)C(C)=O. The Labute approximate surface area is 110 Å². The van der Waals surface area contributed by atoms with Gasteiger partial charge in [-0.15, -0.1) is 0 Å². The average Bonchev–Trinajstić information content (AvgIpc) is 2.60. The number of carbonyl (C=O) groups is 2. The van der Waals surface area contributed by atoms with Crippen LogP contribution in [0.2, 0.25) is 0 Å². The number of methoxy groups -OCH3 is 1. The number of hydrogen-bond donors (Lipinski definition) is 3. The van der Waals surface area contributed by atoms with Crippen LogP contribution in [0.4, 0.5) is 5.69 Å². The lowest BCUT2D eigenvalue weighted by atomic mass is 9.87. The summed E-state index contributed by atoms with van der Waals surface area (Å²) in [5.41, 5.74) is 4.76. The molecule has 6 nitrogen and oxygen atoms in total. The number of carbonyl (C=O) groups excluding carboxylic acids is 2. The monoisotopic (exact) mass is 264 g/mol. The Kier molecular flexibility index (Phi) is 3.30. The smallest absolute Gasteiger partial charge is 0.261 e. The number of rotatable bonds is 4. The molecule has 1 amide bonds. The van der Waals surface area contributed by atoms with Gasteiger partial charge in [-0.05, 0) is 19.1 Å². The molecule has 2 rings (SSSR count). The Morgan fingerprint density at radius 3 is 2.84 bits per heavy atom. The van der Waals surface area contributed by atoms with E-state index in [2.05, 4.69) is 5.32 Å². The first kappa shape index (κ1) is 13.5.